The number of hydrogen-bond acceptors (Lipinski definition) is 10. The summed E-state index contributed by atoms with van der Waals surface area (Å²) in [4.78, 5) is 40.8. The van der Waals surface area contributed by atoms with Crippen LogP contribution in [0.25, 0.3) is 10.9 Å². The first-order valence-electron chi connectivity index (χ1n) is 15.2. The van der Waals surface area contributed by atoms with E-state index < -0.39 is 50.8 Å². The van der Waals surface area contributed by atoms with E-state index in [0.717, 1.165) is 15.8 Å². The average Bonchev–Trinajstić information content (AvgIpc) is 3.37. The van der Waals surface area contributed by atoms with Gasteiger partial charge in [0.25, 0.3) is 0 Å². The third kappa shape index (κ3) is 9.48. The van der Waals surface area contributed by atoms with Crippen LogP contribution in [0.5, 0.6) is 17.2 Å². The summed E-state index contributed by atoms with van der Waals surface area (Å²) in [6.45, 7) is 7.98. The number of ether oxygens (including phenoxy) is 4. The van der Waals surface area contributed by atoms with Crippen molar-refractivity contribution in [1.82, 2.24) is 9.29 Å². The van der Waals surface area contributed by atoms with Crippen LogP contribution in [0, 0.1) is 11.3 Å². The molecule has 0 aliphatic carbocycles. The number of aryl methyl sites for hydroxylation is 1. The number of Topliss-reactive ketones (excluding diaryl/α,β-unsaturated/α-hetero) is 1. The first-order valence-corrected chi connectivity index (χ1v) is 17.0. The first kappa shape index (κ1) is 37.4. The highest BCUT2D eigenvalue weighted by Crippen LogP contribution is 2.38. The van der Waals surface area contributed by atoms with E-state index in [1.807, 2.05) is 0 Å². The number of carbonyl (C=O) groups excluding carboxylic acids is 3. The van der Waals surface area contributed by atoms with Gasteiger partial charge in [-0.05, 0) is 48.4 Å². The summed E-state index contributed by atoms with van der Waals surface area (Å²) in [5, 5.41) is 13.3. The van der Waals surface area contributed by atoms with E-state index in [0.29, 0.717) is 41.0 Å². The highest BCUT2D eigenvalue weighted by molar-refractivity contribution is 7.89. The monoisotopic (exact) mass is 674 g/mol. The summed E-state index contributed by atoms with van der Waals surface area (Å²) in [6.07, 6.45) is 3.18. The topological polar surface area (TPSA) is 159 Å². The molecule has 3 aromatic rings. The van der Waals surface area contributed by atoms with Crippen LogP contribution >= 0.6 is 0 Å². The Bertz CT molecular complexity index is 1690. The number of aliphatic hydroxyl groups is 1. The Kier molecular flexibility index (Phi) is 11.7. The number of methoxy groups -OCH3 is 3. The molecular formula is C34H46N2O10S. The minimum absolute atomic E-state index is 0.145. The van der Waals surface area contributed by atoms with Crippen LogP contribution in [-0.2, 0) is 30.8 Å². The van der Waals surface area contributed by atoms with E-state index in [2.05, 4.69) is 5.32 Å². The van der Waals surface area contributed by atoms with Crippen molar-refractivity contribution in [3.8, 4) is 17.2 Å². The van der Waals surface area contributed by atoms with Gasteiger partial charge in [-0.1, -0.05) is 39.0 Å². The van der Waals surface area contributed by atoms with E-state index in [1.165, 1.54) is 41.4 Å². The molecule has 2 aromatic carbocycles. The number of para-hydroxylation sites is 1. The number of hydrogen-bond donors (Lipinski definition) is 2. The number of carbonyl (C=O) groups is 3. The maximum absolute atomic E-state index is 14.1. The van der Waals surface area contributed by atoms with Gasteiger partial charge in [0.15, 0.2) is 17.3 Å². The van der Waals surface area contributed by atoms with Crippen LogP contribution < -0.4 is 19.5 Å². The molecule has 0 saturated heterocycles. The van der Waals surface area contributed by atoms with Gasteiger partial charge >= 0.3 is 5.97 Å². The predicted octanol–water partition coefficient (Wildman–Crippen LogP) is 4.49. The summed E-state index contributed by atoms with van der Waals surface area (Å²) in [5.74, 6) is -3.05. The van der Waals surface area contributed by atoms with Gasteiger partial charge in [0, 0.05) is 36.9 Å². The molecule has 0 saturated carbocycles. The zero-order valence-electron chi connectivity index (χ0n) is 28.5. The number of esters is 1. The molecule has 0 aliphatic rings. The van der Waals surface area contributed by atoms with E-state index in [-0.39, 0.29) is 18.4 Å². The van der Waals surface area contributed by atoms with Crippen molar-refractivity contribution in [2.24, 2.45) is 11.3 Å². The number of rotatable bonds is 15. The molecule has 0 aliphatic heterocycles. The third-order valence-corrected chi connectivity index (χ3v) is 8.62. The molecule has 1 heterocycles. The maximum atomic E-state index is 14.1. The summed E-state index contributed by atoms with van der Waals surface area (Å²) in [7, 11) is 0.808. The zero-order chi connectivity index (χ0) is 35.3. The lowest BCUT2D eigenvalue weighted by Gasteiger charge is -2.31. The fraction of sp³-hybridized carbons (Fsp3) is 0.500. The Morgan fingerprint density at radius 1 is 0.957 bits per heavy atom. The summed E-state index contributed by atoms with van der Waals surface area (Å²) >= 11 is 0. The predicted molar refractivity (Wildman–Crippen MR) is 177 cm³/mol. The maximum Gasteiger partial charge on any atom is 0.309 e. The summed E-state index contributed by atoms with van der Waals surface area (Å²) in [5.41, 5.74) is 0.542. The number of amides is 1. The number of aromatic nitrogens is 1. The second-order valence-electron chi connectivity index (χ2n) is 13.0. The Morgan fingerprint density at radius 2 is 1.55 bits per heavy atom. The molecule has 0 bridgehead atoms. The Balaban J connectivity index is 1.92. The second kappa shape index (κ2) is 14.8. The normalized spacial score (nSPS) is 13.5. The second-order valence-corrected chi connectivity index (χ2v) is 14.9. The number of nitrogens with zero attached hydrogens (tertiary/aromatic N) is 1. The van der Waals surface area contributed by atoms with E-state index in [9.17, 15) is 27.9 Å². The van der Waals surface area contributed by atoms with Gasteiger partial charge in [0.1, 0.15) is 0 Å². The molecule has 47 heavy (non-hydrogen) atoms. The van der Waals surface area contributed by atoms with E-state index in [1.54, 1.807) is 57.2 Å². The SMILES string of the molecule is COc1cc(CCC[C@H](CC(=O)OC(C)(C)O)C(=O)N[C@H](C(=O)c2cn(S(C)(=O)=O)c3ccccc23)C(C)(C)C)cc(OC)c1OC. The molecule has 12 nitrogen and oxygen atoms in total. The van der Waals surface area contributed by atoms with Gasteiger partial charge in [-0.15, -0.1) is 0 Å². The summed E-state index contributed by atoms with van der Waals surface area (Å²) in [6, 6.07) is 9.18. The van der Waals surface area contributed by atoms with Gasteiger partial charge in [0.2, 0.25) is 27.5 Å². The average molecular weight is 675 g/mol. The first-order chi connectivity index (χ1) is 21.8. The number of nitrogens with one attached hydrogen (secondary N) is 1. The number of ketones is 1. The Labute approximate surface area is 276 Å². The molecule has 0 spiro atoms. The minimum atomic E-state index is -3.73. The van der Waals surface area contributed by atoms with Gasteiger partial charge < -0.3 is 29.4 Å². The number of benzene rings is 2. The largest absolute Gasteiger partial charge is 0.493 e. The molecule has 13 heteroatoms. The molecule has 258 valence electrons. The van der Waals surface area contributed by atoms with Crippen molar-refractivity contribution < 1.29 is 46.9 Å². The van der Waals surface area contributed by atoms with Crippen molar-refractivity contribution in [2.45, 2.75) is 72.1 Å². The molecule has 3 rings (SSSR count). The molecule has 0 radical (unpaired) electrons. The van der Waals surface area contributed by atoms with Crippen LogP contribution in [0.1, 0.15) is 69.8 Å². The van der Waals surface area contributed by atoms with Gasteiger partial charge in [-0.3, -0.25) is 14.4 Å². The lowest BCUT2D eigenvalue weighted by atomic mass is 9.81. The smallest absolute Gasteiger partial charge is 0.309 e. The van der Waals surface area contributed by atoms with Crippen molar-refractivity contribution in [3.63, 3.8) is 0 Å². The van der Waals surface area contributed by atoms with Crippen molar-refractivity contribution in [3.05, 3.63) is 53.7 Å². The molecule has 1 amide bonds. The third-order valence-electron chi connectivity index (χ3n) is 7.61. The molecular weight excluding hydrogens is 628 g/mol. The molecule has 0 fully saturated rings. The van der Waals surface area contributed by atoms with E-state index in [4.69, 9.17) is 18.9 Å². The van der Waals surface area contributed by atoms with Crippen molar-refractivity contribution >= 4 is 38.6 Å². The van der Waals surface area contributed by atoms with E-state index >= 15 is 0 Å². The molecule has 2 atom stereocenters. The van der Waals surface area contributed by atoms with Crippen molar-refractivity contribution in [2.75, 3.05) is 27.6 Å². The highest BCUT2D eigenvalue weighted by atomic mass is 32.2. The van der Waals surface area contributed by atoms with Crippen LogP contribution in [0.2, 0.25) is 0 Å². The lowest BCUT2D eigenvalue weighted by molar-refractivity contribution is -0.196. The fourth-order valence-corrected chi connectivity index (χ4v) is 6.20. The van der Waals surface area contributed by atoms with Crippen molar-refractivity contribution in [1.29, 1.82) is 0 Å². The molecule has 2 N–H and O–H groups in total. The van der Waals surface area contributed by atoms with Gasteiger partial charge in [-0.25, -0.2) is 12.4 Å². The highest BCUT2D eigenvalue weighted by Gasteiger charge is 2.37. The Hall–Kier alpha value is -4.10. The van der Waals surface area contributed by atoms with Crippen LogP contribution in [0.15, 0.2) is 42.6 Å². The van der Waals surface area contributed by atoms with Gasteiger partial charge in [-0.2, -0.15) is 0 Å². The number of fused-ring (bicyclic) bond motifs is 1. The molecule has 1 aromatic heterocycles. The Morgan fingerprint density at radius 3 is 2.06 bits per heavy atom. The van der Waals surface area contributed by atoms with Gasteiger partial charge in [0.05, 0.1) is 45.6 Å². The fourth-order valence-electron chi connectivity index (χ4n) is 5.39. The van der Waals surface area contributed by atoms with Crippen LogP contribution in [0.4, 0.5) is 0 Å². The molecule has 0 unspecified atom stereocenters. The lowest BCUT2D eigenvalue weighted by Crippen LogP contribution is -2.51. The van der Waals surface area contributed by atoms with Crippen LogP contribution in [-0.4, -0.2) is 74.6 Å². The zero-order valence-corrected chi connectivity index (χ0v) is 29.3. The minimum Gasteiger partial charge on any atom is -0.493 e. The van der Waals surface area contributed by atoms with Crippen LogP contribution in [0.3, 0.4) is 0 Å². The summed E-state index contributed by atoms with van der Waals surface area (Å²) < 4.78 is 47.5. The standard InChI is InChI=1S/C34H46N2O10S/c1-33(2,3)31(29(38)24-20-36(47(9,41)42)25-16-11-10-15-23(24)25)35-32(39)22(19-28(37)46-34(4,5)40)14-12-13-21-17-26(43-6)30(45-8)27(18-21)44-7/h10-11,15-18,20,22,31,40H,12-14,19H2,1-9H3,(H,35,39)/t22-,31-/m1/s1. The quantitative estimate of drug-likeness (QED) is 0.134.